The number of nitrogens with one attached hydrogen (secondary N) is 1. The van der Waals surface area contributed by atoms with Crippen molar-refractivity contribution < 1.29 is 4.79 Å². The van der Waals surface area contributed by atoms with Crippen molar-refractivity contribution in [1.82, 2.24) is 5.32 Å². The first kappa shape index (κ1) is 15.0. The SMILES string of the molecule is Nc1ccc(CC(=O)NCC2(Sc3ccccc3)CC2)cc1. The van der Waals surface area contributed by atoms with Crippen molar-refractivity contribution in [3.8, 4) is 0 Å². The lowest BCUT2D eigenvalue weighted by Gasteiger charge is -2.15. The molecule has 2 aromatic rings. The molecule has 114 valence electrons. The Morgan fingerprint density at radius 1 is 1.09 bits per heavy atom. The number of anilines is 1. The van der Waals surface area contributed by atoms with E-state index < -0.39 is 0 Å². The zero-order valence-corrected chi connectivity index (χ0v) is 13.2. The number of carbonyl (C=O) groups is 1. The number of nitrogens with two attached hydrogens (primary N) is 1. The molecule has 0 unspecified atom stereocenters. The van der Waals surface area contributed by atoms with Crippen LogP contribution in [0.5, 0.6) is 0 Å². The average molecular weight is 312 g/mol. The molecule has 3 N–H and O–H groups in total. The Morgan fingerprint density at radius 2 is 1.77 bits per heavy atom. The Balaban J connectivity index is 1.49. The van der Waals surface area contributed by atoms with E-state index in [1.165, 1.54) is 4.90 Å². The first-order valence-corrected chi connectivity index (χ1v) is 8.32. The van der Waals surface area contributed by atoms with E-state index in [1.54, 1.807) is 0 Å². The predicted molar refractivity (Wildman–Crippen MR) is 91.8 cm³/mol. The summed E-state index contributed by atoms with van der Waals surface area (Å²) in [6, 6.07) is 17.9. The van der Waals surface area contributed by atoms with Crippen LogP contribution in [0.25, 0.3) is 0 Å². The van der Waals surface area contributed by atoms with Crippen LogP contribution in [0.3, 0.4) is 0 Å². The van der Waals surface area contributed by atoms with Gasteiger partial charge in [0.2, 0.25) is 5.91 Å². The highest BCUT2D eigenvalue weighted by molar-refractivity contribution is 8.01. The molecule has 3 rings (SSSR count). The van der Waals surface area contributed by atoms with E-state index >= 15 is 0 Å². The molecule has 22 heavy (non-hydrogen) atoms. The third kappa shape index (κ3) is 4.04. The van der Waals surface area contributed by atoms with Crippen LogP contribution in [0, 0.1) is 0 Å². The summed E-state index contributed by atoms with van der Waals surface area (Å²) in [5.74, 6) is 0.0738. The molecule has 0 aromatic heterocycles. The minimum atomic E-state index is 0.0738. The van der Waals surface area contributed by atoms with Crippen molar-refractivity contribution >= 4 is 23.4 Å². The average Bonchev–Trinajstić information content (AvgIpc) is 3.29. The van der Waals surface area contributed by atoms with Gasteiger partial charge in [-0.25, -0.2) is 0 Å². The second-order valence-corrected chi connectivity index (χ2v) is 7.33. The van der Waals surface area contributed by atoms with Crippen molar-refractivity contribution in [1.29, 1.82) is 0 Å². The van der Waals surface area contributed by atoms with Gasteiger partial charge in [-0.2, -0.15) is 0 Å². The monoisotopic (exact) mass is 312 g/mol. The smallest absolute Gasteiger partial charge is 0.224 e. The van der Waals surface area contributed by atoms with Gasteiger partial charge < -0.3 is 11.1 Å². The number of nitrogen functional groups attached to an aromatic ring is 1. The fourth-order valence-corrected chi connectivity index (χ4v) is 3.58. The topological polar surface area (TPSA) is 55.1 Å². The summed E-state index contributed by atoms with van der Waals surface area (Å²) in [6.07, 6.45) is 2.73. The molecule has 0 bridgehead atoms. The van der Waals surface area contributed by atoms with E-state index in [-0.39, 0.29) is 10.7 Å². The van der Waals surface area contributed by atoms with E-state index in [0.717, 1.165) is 30.6 Å². The molecule has 1 saturated carbocycles. The molecule has 0 radical (unpaired) electrons. The van der Waals surface area contributed by atoms with E-state index in [1.807, 2.05) is 42.1 Å². The van der Waals surface area contributed by atoms with Crippen LogP contribution < -0.4 is 11.1 Å². The number of rotatable bonds is 6. The van der Waals surface area contributed by atoms with E-state index in [2.05, 4.69) is 29.6 Å². The summed E-state index contributed by atoms with van der Waals surface area (Å²) in [7, 11) is 0. The number of benzene rings is 2. The Kier molecular flexibility index (Phi) is 4.39. The van der Waals surface area contributed by atoms with Crippen molar-refractivity contribution in [2.45, 2.75) is 28.9 Å². The number of thioether (sulfide) groups is 1. The van der Waals surface area contributed by atoms with Crippen LogP contribution in [-0.4, -0.2) is 17.2 Å². The van der Waals surface area contributed by atoms with Crippen molar-refractivity contribution in [2.75, 3.05) is 12.3 Å². The standard InChI is InChI=1S/C18H20N2OS/c19-15-8-6-14(7-9-15)12-17(21)20-13-18(10-11-18)22-16-4-2-1-3-5-16/h1-9H,10-13,19H2,(H,20,21). The van der Waals surface area contributed by atoms with Gasteiger partial charge in [0.25, 0.3) is 0 Å². The summed E-state index contributed by atoms with van der Waals surface area (Å²) >= 11 is 1.88. The van der Waals surface area contributed by atoms with Crippen molar-refractivity contribution in [3.63, 3.8) is 0 Å². The second kappa shape index (κ2) is 6.44. The Labute approximate surface area is 135 Å². The molecule has 0 atom stereocenters. The molecule has 0 heterocycles. The van der Waals surface area contributed by atoms with Crippen LogP contribution >= 0.6 is 11.8 Å². The molecule has 2 aromatic carbocycles. The summed E-state index contributed by atoms with van der Waals surface area (Å²) in [5.41, 5.74) is 7.37. The zero-order chi connectivity index (χ0) is 15.4. The molecule has 1 aliphatic carbocycles. The van der Waals surface area contributed by atoms with Crippen LogP contribution in [0.15, 0.2) is 59.5 Å². The molecular formula is C18H20N2OS. The minimum Gasteiger partial charge on any atom is -0.399 e. The molecule has 1 fully saturated rings. The third-order valence-electron chi connectivity index (χ3n) is 3.84. The highest BCUT2D eigenvalue weighted by atomic mass is 32.2. The molecular weight excluding hydrogens is 292 g/mol. The van der Waals surface area contributed by atoms with Gasteiger partial charge >= 0.3 is 0 Å². The normalized spacial score (nSPS) is 15.3. The molecule has 4 heteroatoms. The van der Waals surface area contributed by atoms with E-state index in [0.29, 0.717) is 6.42 Å². The van der Waals surface area contributed by atoms with Crippen molar-refractivity contribution in [3.05, 3.63) is 60.2 Å². The molecule has 0 saturated heterocycles. The number of hydrogen-bond donors (Lipinski definition) is 2. The fraction of sp³-hybridized carbons (Fsp3) is 0.278. The van der Waals surface area contributed by atoms with E-state index in [9.17, 15) is 4.79 Å². The van der Waals surface area contributed by atoms with Gasteiger partial charge in [0.15, 0.2) is 0 Å². The summed E-state index contributed by atoms with van der Waals surface area (Å²) < 4.78 is 0.193. The lowest BCUT2D eigenvalue weighted by Crippen LogP contribution is -2.32. The largest absolute Gasteiger partial charge is 0.399 e. The quantitative estimate of drug-likeness (QED) is 0.805. The lowest BCUT2D eigenvalue weighted by atomic mass is 10.1. The molecule has 1 amide bonds. The van der Waals surface area contributed by atoms with Gasteiger partial charge in [-0.05, 0) is 42.7 Å². The highest BCUT2D eigenvalue weighted by Gasteiger charge is 2.43. The van der Waals surface area contributed by atoms with Gasteiger partial charge in [0, 0.05) is 21.9 Å². The van der Waals surface area contributed by atoms with Crippen molar-refractivity contribution in [2.24, 2.45) is 0 Å². The van der Waals surface area contributed by atoms with Gasteiger partial charge in [0.05, 0.1) is 6.42 Å². The predicted octanol–water partition coefficient (Wildman–Crippen LogP) is 3.25. The van der Waals surface area contributed by atoms with Gasteiger partial charge in [-0.3, -0.25) is 4.79 Å². The number of hydrogen-bond acceptors (Lipinski definition) is 3. The highest BCUT2D eigenvalue weighted by Crippen LogP contribution is 2.51. The maximum Gasteiger partial charge on any atom is 0.224 e. The zero-order valence-electron chi connectivity index (χ0n) is 12.4. The van der Waals surface area contributed by atoms with Crippen LogP contribution in [0.1, 0.15) is 18.4 Å². The molecule has 1 aliphatic rings. The molecule has 0 aliphatic heterocycles. The fourth-order valence-electron chi connectivity index (χ4n) is 2.34. The lowest BCUT2D eigenvalue weighted by molar-refractivity contribution is -0.120. The molecule has 3 nitrogen and oxygen atoms in total. The first-order valence-electron chi connectivity index (χ1n) is 7.50. The summed E-state index contributed by atoms with van der Waals surface area (Å²) in [4.78, 5) is 13.3. The summed E-state index contributed by atoms with van der Waals surface area (Å²) in [6.45, 7) is 0.736. The second-order valence-electron chi connectivity index (χ2n) is 5.79. The summed E-state index contributed by atoms with van der Waals surface area (Å²) in [5, 5.41) is 3.08. The Hall–Kier alpha value is -1.94. The maximum atomic E-state index is 12.1. The molecule has 0 spiro atoms. The van der Waals surface area contributed by atoms with Gasteiger partial charge in [0.1, 0.15) is 0 Å². The van der Waals surface area contributed by atoms with Crippen LogP contribution in [0.2, 0.25) is 0 Å². The number of amides is 1. The van der Waals surface area contributed by atoms with E-state index in [4.69, 9.17) is 5.73 Å². The van der Waals surface area contributed by atoms with Gasteiger partial charge in [-0.1, -0.05) is 30.3 Å². The first-order chi connectivity index (χ1) is 10.7. The Morgan fingerprint density at radius 3 is 2.41 bits per heavy atom. The maximum absolute atomic E-state index is 12.1. The minimum absolute atomic E-state index is 0.0738. The van der Waals surface area contributed by atoms with Crippen LogP contribution in [-0.2, 0) is 11.2 Å². The van der Waals surface area contributed by atoms with Gasteiger partial charge in [-0.15, -0.1) is 11.8 Å². The Bertz CT molecular complexity index is 636. The third-order valence-corrected chi connectivity index (χ3v) is 5.33. The number of carbonyl (C=O) groups excluding carboxylic acids is 1. The van der Waals surface area contributed by atoms with Crippen LogP contribution in [0.4, 0.5) is 5.69 Å².